The van der Waals surface area contributed by atoms with Crippen molar-refractivity contribution in [1.82, 2.24) is 0 Å². The monoisotopic (exact) mass is 776 g/mol. The molecule has 0 bridgehead atoms. The number of carbonyl (C=O) groups is 2. The maximum Gasteiger partial charge on any atom is 0.397 e. The fourth-order valence-corrected chi connectivity index (χ4v) is 5.91. The average molecular weight is 777 g/mol. The van der Waals surface area contributed by atoms with Gasteiger partial charge in [0.25, 0.3) is 0 Å². The molecule has 0 aliphatic carbocycles. The van der Waals surface area contributed by atoms with Crippen molar-refractivity contribution in [3.8, 4) is 23.0 Å². The third-order valence-electron chi connectivity index (χ3n) is 8.19. The molecule has 54 heavy (non-hydrogen) atoms. The van der Waals surface area contributed by atoms with Crippen LogP contribution >= 0.6 is 0 Å². The van der Waals surface area contributed by atoms with Gasteiger partial charge in [0.2, 0.25) is 6.29 Å². The summed E-state index contributed by atoms with van der Waals surface area (Å²) in [7, 11) is -5.33. The predicted octanol–water partition coefficient (Wildman–Crippen LogP) is 0.434. The fraction of sp³-hybridized carbons (Fsp3) is 0.314. The molecule has 290 valence electrons. The summed E-state index contributed by atoms with van der Waals surface area (Å²) in [4.78, 5) is 24.9. The van der Waals surface area contributed by atoms with Gasteiger partial charge in [-0.25, -0.2) is 8.98 Å². The Bertz CT molecular complexity index is 1950. The minimum Gasteiger partial charge on any atom is -0.508 e. The van der Waals surface area contributed by atoms with Crippen molar-refractivity contribution in [2.45, 2.75) is 48.7 Å². The molecule has 2 fully saturated rings. The number of aromatic hydroxyl groups is 3. The van der Waals surface area contributed by atoms with E-state index in [1.165, 1.54) is 78.9 Å². The Labute approximate surface area is 307 Å². The molecule has 0 saturated carbocycles. The molecule has 19 heteroatoms. The van der Waals surface area contributed by atoms with Gasteiger partial charge in [-0.15, -0.1) is 0 Å². The van der Waals surface area contributed by atoms with Crippen LogP contribution in [0.2, 0.25) is 0 Å². The number of esters is 1. The highest BCUT2D eigenvalue weighted by Gasteiger charge is 2.57. The summed E-state index contributed by atoms with van der Waals surface area (Å²) in [6, 6.07) is 15.2. The number of ketones is 1. The SMILES string of the molecule is O=C(/C=C/c1ccc(O)cc1)OCC1(O)COC(OC2C(Oc3ccc(C=CC(=O)c4ccc(O)cc4O)cc3)OC(CO)C(O)C2O)C1OS(=O)(=O)O. The van der Waals surface area contributed by atoms with Gasteiger partial charge < -0.3 is 59.4 Å². The molecular weight excluding hydrogens is 740 g/mol. The van der Waals surface area contributed by atoms with Crippen LogP contribution in [-0.2, 0) is 38.3 Å². The zero-order valence-corrected chi connectivity index (χ0v) is 28.7. The van der Waals surface area contributed by atoms with Crippen LogP contribution in [0, 0.1) is 0 Å². The van der Waals surface area contributed by atoms with E-state index in [2.05, 4.69) is 4.18 Å². The summed E-state index contributed by atoms with van der Waals surface area (Å²) in [5.41, 5.74) is -1.50. The Hall–Kier alpha value is -4.93. The number of phenols is 3. The van der Waals surface area contributed by atoms with Gasteiger partial charge in [0, 0.05) is 12.1 Å². The Morgan fingerprint density at radius 2 is 1.50 bits per heavy atom. The first-order valence-electron chi connectivity index (χ1n) is 16.0. The van der Waals surface area contributed by atoms with Gasteiger partial charge >= 0.3 is 16.4 Å². The van der Waals surface area contributed by atoms with E-state index < -0.39 is 96.4 Å². The highest BCUT2D eigenvalue weighted by Crippen LogP contribution is 2.35. The van der Waals surface area contributed by atoms with E-state index in [4.69, 9.17) is 23.7 Å². The minimum absolute atomic E-state index is 0.00220. The number of carbonyl (C=O) groups excluding carboxylic acids is 2. The molecule has 18 nitrogen and oxygen atoms in total. The number of hydrogen-bond donors (Lipinski definition) is 8. The third-order valence-corrected chi connectivity index (χ3v) is 8.64. The summed E-state index contributed by atoms with van der Waals surface area (Å²) < 4.78 is 65.5. The maximum absolute atomic E-state index is 12.5. The van der Waals surface area contributed by atoms with Crippen molar-refractivity contribution in [1.29, 1.82) is 0 Å². The van der Waals surface area contributed by atoms with Crippen molar-refractivity contribution in [2.24, 2.45) is 0 Å². The average Bonchev–Trinajstić information content (AvgIpc) is 3.42. The lowest BCUT2D eigenvalue weighted by atomic mass is 9.98. The van der Waals surface area contributed by atoms with E-state index in [1.54, 1.807) is 0 Å². The normalized spacial score (nSPS) is 27.3. The molecule has 2 saturated heterocycles. The molecule has 8 N–H and O–H groups in total. The highest BCUT2D eigenvalue weighted by atomic mass is 32.3. The van der Waals surface area contributed by atoms with Crippen LogP contribution in [-0.4, -0.2) is 129 Å². The van der Waals surface area contributed by atoms with E-state index in [0.717, 1.165) is 12.1 Å². The molecule has 2 heterocycles. The summed E-state index contributed by atoms with van der Waals surface area (Å²) in [5.74, 6) is -2.09. The molecular formula is C35H36O18S. The largest absolute Gasteiger partial charge is 0.508 e. The molecule has 8 atom stereocenters. The molecule has 3 aromatic rings. The van der Waals surface area contributed by atoms with Crippen LogP contribution in [0.15, 0.2) is 78.9 Å². The molecule has 0 aromatic heterocycles. The summed E-state index contributed by atoms with van der Waals surface area (Å²) in [6.45, 7) is -2.50. The van der Waals surface area contributed by atoms with Gasteiger partial charge in [0.1, 0.15) is 47.9 Å². The maximum atomic E-state index is 12.5. The van der Waals surface area contributed by atoms with E-state index in [1.807, 2.05) is 0 Å². The topological polar surface area (TPSA) is 285 Å². The number of aliphatic hydroxyl groups is 4. The zero-order chi connectivity index (χ0) is 39.2. The fourth-order valence-electron chi connectivity index (χ4n) is 5.38. The van der Waals surface area contributed by atoms with Gasteiger partial charge in [-0.3, -0.25) is 9.35 Å². The summed E-state index contributed by atoms with van der Waals surface area (Å²) in [5, 5.41) is 71.4. The smallest absolute Gasteiger partial charge is 0.397 e. The summed E-state index contributed by atoms with van der Waals surface area (Å²) in [6.07, 6.45) is -7.58. The first-order chi connectivity index (χ1) is 25.5. The molecule has 0 spiro atoms. The number of ether oxygens (including phenoxy) is 5. The van der Waals surface area contributed by atoms with Crippen LogP contribution in [0.25, 0.3) is 12.2 Å². The van der Waals surface area contributed by atoms with Gasteiger partial charge in [-0.1, -0.05) is 30.3 Å². The lowest BCUT2D eigenvalue weighted by Crippen LogP contribution is -2.62. The van der Waals surface area contributed by atoms with Crippen LogP contribution < -0.4 is 4.74 Å². The molecule has 0 radical (unpaired) electrons. The number of rotatable bonds is 14. The van der Waals surface area contributed by atoms with Crippen molar-refractivity contribution in [3.63, 3.8) is 0 Å². The van der Waals surface area contributed by atoms with Crippen molar-refractivity contribution >= 4 is 34.3 Å². The number of hydrogen-bond acceptors (Lipinski definition) is 17. The second-order valence-electron chi connectivity index (χ2n) is 12.2. The first kappa shape index (κ1) is 40.3. The van der Waals surface area contributed by atoms with E-state index in [0.29, 0.717) is 11.1 Å². The van der Waals surface area contributed by atoms with Crippen LogP contribution in [0.5, 0.6) is 23.0 Å². The van der Waals surface area contributed by atoms with Gasteiger partial charge in [-0.05, 0) is 59.7 Å². The number of phenolic OH excluding ortho intramolecular Hbond substituents is 3. The lowest BCUT2D eigenvalue weighted by Gasteiger charge is -2.42. The highest BCUT2D eigenvalue weighted by molar-refractivity contribution is 7.80. The molecule has 2 aliphatic rings. The van der Waals surface area contributed by atoms with E-state index in [9.17, 15) is 58.3 Å². The van der Waals surface area contributed by atoms with Crippen molar-refractivity contribution in [2.75, 3.05) is 19.8 Å². The Kier molecular flexibility index (Phi) is 12.7. The predicted molar refractivity (Wildman–Crippen MR) is 182 cm³/mol. The number of allylic oxidation sites excluding steroid dienone is 1. The van der Waals surface area contributed by atoms with E-state index >= 15 is 0 Å². The number of aliphatic hydroxyl groups excluding tert-OH is 3. The van der Waals surface area contributed by atoms with Gasteiger partial charge in [-0.2, -0.15) is 8.42 Å². The minimum atomic E-state index is -5.33. The second-order valence-corrected chi connectivity index (χ2v) is 13.2. The quantitative estimate of drug-likeness (QED) is 0.0477. The molecule has 0 amide bonds. The molecule has 5 rings (SSSR count). The van der Waals surface area contributed by atoms with Crippen LogP contribution in [0.1, 0.15) is 21.5 Å². The zero-order valence-electron chi connectivity index (χ0n) is 27.9. The summed E-state index contributed by atoms with van der Waals surface area (Å²) >= 11 is 0. The first-order valence-corrected chi connectivity index (χ1v) is 17.3. The molecule has 2 aliphatic heterocycles. The molecule has 8 unspecified atom stereocenters. The van der Waals surface area contributed by atoms with Gasteiger partial charge in [0.05, 0.1) is 18.8 Å². The van der Waals surface area contributed by atoms with Crippen molar-refractivity contribution in [3.05, 3.63) is 95.6 Å². The number of benzene rings is 3. The standard InChI is InChI=1S/C35H36O18S/c36-16-27-29(42)30(43)31(33(51-27)50-23-10-3-20(4-11-23)5-13-25(39)24-12-9-22(38)15-26(24)40)52-34-32(53-54(45,46)47)35(44,18-49-34)17-48-28(41)14-6-19-1-7-21(37)8-2-19/h1-15,27,29-34,36-38,40,42-44H,16-18H2,(H,45,46,47)/b13-5?,14-6+. The molecule has 3 aromatic carbocycles. The lowest BCUT2D eigenvalue weighted by molar-refractivity contribution is -0.317. The van der Waals surface area contributed by atoms with Crippen LogP contribution in [0.3, 0.4) is 0 Å². The van der Waals surface area contributed by atoms with E-state index in [-0.39, 0.29) is 22.8 Å². The van der Waals surface area contributed by atoms with Gasteiger partial charge in [0.15, 0.2) is 29.9 Å². The van der Waals surface area contributed by atoms with Crippen molar-refractivity contribution < 1.29 is 86.2 Å². The Balaban J connectivity index is 1.29. The van der Waals surface area contributed by atoms with Crippen LogP contribution in [0.4, 0.5) is 0 Å². The third kappa shape index (κ3) is 10.2. The second kappa shape index (κ2) is 17.0. The Morgan fingerprint density at radius 3 is 2.13 bits per heavy atom. The Morgan fingerprint density at radius 1 is 0.870 bits per heavy atom.